The zero-order valence-electron chi connectivity index (χ0n) is 9.31. The van der Waals surface area contributed by atoms with Gasteiger partial charge < -0.3 is 15.2 Å². The molecule has 3 rings (SSSR count). The van der Waals surface area contributed by atoms with Gasteiger partial charge in [0.2, 0.25) is 0 Å². The number of likely N-dealkylation sites (tertiary alicyclic amines) is 1. The van der Waals surface area contributed by atoms with E-state index in [-0.39, 0.29) is 5.91 Å². The van der Waals surface area contributed by atoms with Crippen molar-refractivity contribution in [3.05, 3.63) is 18.2 Å². The number of rotatable bonds is 1. The highest BCUT2D eigenvalue weighted by molar-refractivity contribution is 5.92. The van der Waals surface area contributed by atoms with Crippen molar-refractivity contribution in [3.8, 4) is 0 Å². The standard InChI is InChI=1S/C11H16N4O/c1-7-9-3-12-2-8(9)5-15(7)11(16)10-4-13-6-14-10/h4,6-9,12H,2-3,5H2,1H3,(H,13,14). The van der Waals surface area contributed by atoms with Gasteiger partial charge in [0, 0.05) is 25.7 Å². The molecule has 3 unspecified atom stereocenters. The minimum atomic E-state index is 0.0828. The molecule has 86 valence electrons. The van der Waals surface area contributed by atoms with Gasteiger partial charge >= 0.3 is 0 Å². The van der Waals surface area contributed by atoms with E-state index < -0.39 is 0 Å². The number of aromatic nitrogens is 2. The first-order valence-electron chi connectivity index (χ1n) is 5.77. The highest BCUT2D eigenvalue weighted by Crippen LogP contribution is 2.32. The molecule has 0 spiro atoms. The van der Waals surface area contributed by atoms with Crippen LogP contribution in [0.5, 0.6) is 0 Å². The summed E-state index contributed by atoms with van der Waals surface area (Å²) in [6, 6.07) is 0.329. The number of nitrogens with one attached hydrogen (secondary N) is 2. The third kappa shape index (κ3) is 1.35. The minimum Gasteiger partial charge on any atom is -0.341 e. The van der Waals surface area contributed by atoms with Gasteiger partial charge in [-0.05, 0) is 18.8 Å². The van der Waals surface area contributed by atoms with Crippen molar-refractivity contribution >= 4 is 5.91 Å². The molecule has 5 nitrogen and oxygen atoms in total. The van der Waals surface area contributed by atoms with Crippen LogP contribution in [0.1, 0.15) is 17.4 Å². The van der Waals surface area contributed by atoms with Crippen molar-refractivity contribution in [1.82, 2.24) is 20.2 Å². The maximum atomic E-state index is 12.2. The molecule has 2 aliphatic rings. The third-order valence-electron chi connectivity index (χ3n) is 3.92. The number of H-pyrrole nitrogens is 1. The van der Waals surface area contributed by atoms with Crippen molar-refractivity contribution in [2.24, 2.45) is 11.8 Å². The maximum absolute atomic E-state index is 12.2. The van der Waals surface area contributed by atoms with Gasteiger partial charge in [-0.1, -0.05) is 0 Å². The SMILES string of the molecule is CC1C2CNCC2CN1C(=O)c1cnc[nH]1. The lowest BCUT2D eigenvalue weighted by Gasteiger charge is -2.23. The normalized spacial score (nSPS) is 33.1. The predicted octanol–water partition coefficient (Wildman–Crippen LogP) is 0.0896. The fourth-order valence-corrected chi connectivity index (χ4v) is 2.96. The number of carbonyl (C=O) groups excluding carboxylic acids is 1. The van der Waals surface area contributed by atoms with Crippen LogP contribution >= 0.6 is 0 Å². The summed E-state index contributed by atoms with van der Waals surface area (Å²) in [7, 11) is 0. The van der Waals surface area contributed by atoms with E-state index in [1.165, 1.54) is 0 Å². The number of imidazole rings is 1. The summed E-state index contributed by atoms with van der Waals surface area (Å²) < 4.78 is 0. The van der Waals surface area contributed by atoms with Crippen LogP contribution in [0, 0.1) is 11.8 Å². The van der Waals surface area contributed by atoms with Crippen molar-refractivity contribution in [3.63, 3.8) is 0 Å². The summed E-state index contributed by atoms with van der Waals surface area (Å²) in [5, 5.41) is 3.39. The Balaban J connectivity index is 1.79. The number of hydrogen-bond acceptors (Lipinski definition) is 3. The van der Waals surface area contributed by atoms with Crippen LogP contribution in [0.15, 0.2) is 12.5 Å². The summed E-state index contributed by atoms with van der Waals surface area (Å²) in [6.07, 6.45) is 3.15. The summed E-state index contributed by atoms with van der Waals surface area (Å²) in [4.78, 5) is 20.9. The summed E-state index contributed by atoms with van der Waals surface area (Å²) in [5.41, 5.74) is 0.597. The predicted molar refractivity (Wildman–Crippen MR) is 58.9 cm³/mol. The van der Waals surface area contributed by atoms with Gasteiger partial charge in [-0.15, -0.1) is 0 Å². The first-order chi connectivity index (χ1) is 7.77. The minimum absolute atomic E-state index is 0.0828. The molecule has 2 saturated heterocycles. The molecule has 2 fully saturated rings. The van der Waals surface area contributed by atoms with Crippen molar-refractivity contribution in [1.29, 1.82) is 0 Å². The molecular weight excluding hydrogens is 204 g/mol. The molecule has 0 aromatic carbocycles. The van der Waals surface area contributed by atoms with Crippen LogP contribution in [0.3, 0.4) is 0 Å². The molecule has 2 aliphatic heterocycles. The topological polar surface area (TPSA) is 61.0 Å². The molecule has 0 radical (unpaired) electrons. The number of hydrogen-bond donors (Lipinski definition) is 2. The molecule has 1 aromatic heterocycles. The van der Waals surface area contributed by atoms with Gasteiger partial charge in [0.05, 0.1) is 12.5 Å². The molecule has 5 heteroatoms. The van der Waals surface area contributed by atoms with Gasteiger partial charge in [-0.2, -0.15) is 0 Å². The highest BCUT2D eigenvalue weighted by Gasteiger charge is 2.43. The third-order valence-corrected chi connectivity index (χ3v) is 3.92. The summed E-state index contributed by atoms with van der Waals surface area (Å²) in [6.45, 7) is 5.10. The molecule has 1 aromatic rings. The summed E-state index contributed by atoms with van der Waals surface area (Å²) >= 11 is 0. The Morgan fingerprint density at radius 1 is 1.56 bits per heavy atom. The van der Waals surface area contributed by atoms with E-state index in [1.54, 1.807) is 12.5 Å². The largest absolute Gasteiger partial charge is 0.341 e. The lowest BCUT2D eigenvalue weighted by molar-refractivity contribution is 0.0723. The first kappa shape index (κ1) is 9.84. The molecule has 16 heavy (non-hydrogen) atoms. The molecule has 2 N–H and O–H groups in total. The molecular formula is C11H16N4O. The summed E-state index contributed by atoms with van der Waals surface area (Å²) in [5.74, 6) is 1.33. The smallest absolute Gasteiger partial charge is 0.272 e. The van der Waals surface area contributed by atoms with Gasteiger partial charge in [-0.3, -0.25) is 4.79 Å². The van der Waals surface area contributed by atoms with Crippen LogP contribution in [0.25, 0.3) is 0 Å². The van der Waals surface area contributed by atoms with Crippen LogP contribution in [-0.4, -0.2) is 46.5 Å². The second kappa shape index (κ2) is 3.59. The fraction of sp³-hybridized carbons (Fsp3) is 0.636. The first-order valence-corrected chi connectivity index (χ1v) is 5.77. The van der Waals surface area contributed by atoms with E-state index in [2.05, 4.69) is 22.2 Å². The number of aromatic amines is 1. The van der Waals surface area contributed by atoms with Crippen molar-refractivity contribution in [2.45, 2.75) is 13.0 Å². The molecule has 3 atom stereocenters. The average Bonchev–Trinajstić information content (AvgIpc) is 2.95. The Morgan fingerprint density at radius 3 is 3.12 bits per heavy atom. The van der Waals surface area contributed by atoms with Gasteiger partial charge in [0.1, 0.15) is 5.69 Å². The quantitative estimate of drug-likeness (QED) is 0.705. The van der Waals surface area contributed by atoms with Gasteiger partial charge in [0.15, 0.2) is 0 Å². The number of amides is 1. The Bertz CT molecular complexity index is 389. The molecule has 0 saturated carbocycles. The van der Waals surface area contributed by atoms with E-state index in [0.29, 0.717) is 23.6 Å². The number of nitrogens with zero attached hydrogens (tertiary/aromatic N) is 2. The van der Waals surface area contributed by atoms with Gasteiger partial charge in [0.25, 0.3) is 5.91 Å². The van der Waals surface area contributed by atoms with Crippen LogP contribution in [0.4, 0.5) is 0 Å². The van der Waals surface area contributed by atoms with E-state index in [1.807, 2.05) is 4.90 Å². The van der Waals surface area contributed by atoms with E-state index in [9.17, 15) is 4.79 Å². The molecule has 0 aliphatic carbocycles. The second-order valence-electron chi connectivity index (χ2n) is 4.75. The van der Waals surface area contributed by atoms with E-state index in [4.69, 9.17) is 0 Å². The van der Waals surface area contributed by atoms with Crippen molar-refractivity contribution in [2.75, 3.05) is 19.6 Å². The van der Waals surface area contributed by atoms with E-state index in [0.717, 1.165) is 19.6 Å². The number of carbonyl (C=O) groups is 1. The monoisotopic (exact) mass is 220 g/mol. The molecule has 0 bridgehead atoms. The van der Waals surface area contributed by atoms with Crippen molar-refractivity contribution < 1.29 is 4.79 Å². The molecule has 3 heterocycles. The highest BCUT2D eigenvalue weighted by atomic mass is 16.2. The van der Waals surface area contributed by atoms with Gasteiger partial charge in [-0.25, -0.2) is 4.98 Å². The maximum Gasteiger partial charge on any atom is 0.272 e. The number of fused-ring (bicyclic) bond motifs is 1. The fourth-order valence-electron chi connectivity index (χ4n) is 2.96. The lowest BCUT2D eigenvalue weighted by Crippen LogP contribution is -2.38. The Morgan fingerprint density at radius 2 is 2.44 bits per heavy atom. The molecule has 1 amide bonds. The van der Waals surface area contributed by atoms with Crippen LogP contribution < -0.4 is 5.32 Å². The average molecular weight is 220 g/mol. The lowest BCUT2D eigenvalue weighted by atomic mass is 9.95. The second-order valence-corrected chi connectivity index (χ2v) is 4.75. The Labute approximate surface area is 94.2 Å². The van der Waals surface area contributed by atoms with Crippen LogP contribution in [-0.2, 0) is 0 Å². The Kier molecular flexibility index (Phi) is 2.21. The van der Waals surface area contributed by atoms with E-state index >= 15 is 0 Å². The zero-order valence-corrected chi connectivity index (χ0v) is 9.31. The Hall–Kier alpha value is -1.36. The zero-order chi connectivity index (χ0) is 11.1. The van der Waals surface area contributed by atoms with Crippen LogP contribution in [0.2, 0.25) is 0 Å².